The van der Waals surface area contributed by atoms with Crippen LogP contribution in [0.1, 0.15) is 51.7 Å². The number of imidazole rings is 1. The summed E-state index contributed by atoms with van der Waals surface area (Å²) in [6.07, 6.45) is 2.01. The zero-order valence-corrected chi connectivity index (χ0v) is 18.0. The lowest BCUT2D eigenvalue weighted by atomic mass is 9.85. The van der Waals surface area contributed by atoms with Crippen LogP contribution in [-0.2, 0) is 12.7 Å². The standard InChI is InChI=1S/C24H28FN3/c1-12-11-19-21(16(5)13(12)2)27-23(26-19)24(7,25)20-15(4)14(3)17(6)22-18(20)9-10-28(22)8/h9-11H,1-8H3,(H,26,27). The zero-order valence-electron chi connectivity index (χ0n) is 18.0. The molecule has 1 unspecified atom stereocenters. The van der Waals surface area contributed by atoms with Crippen LogP contribution in [0.4, 0.5) is 4.39 Å². The van der Waals surface area contributed by atoms with E-state index >= 15 is 4.39 Å². The molecule has 1 atom stereocenters. The molecule has 1 N–H and O–H groups in total. The quantitative estimate of drug-likeness (QED) is 0.447. The van der Waals surface area contributed by atoms with Gasteiger partial charge in [0.1, 0.15) is 5.82 Å². The summed E-state index contributed by atoms with van der Waals surface area (Å²) in [7, 11) is 2.01. The highest BCUT2D eigenvalue weighted by Crippen LogP contribution is 2.42. The summed E-state index contributed by atoms with van der Waals surface area (Å²) >= 11 is 0. The van der Waals surface area contributed by atoms with Crippen molar-refractivity contribution in [1.82, 2.24) is 14.5 Å². The number of hydrogen-bond donors (Lipinski definition) is 1. The predicted molar refractivity (Wildman–Crippen MR) is 115 cm³/mol. The van der Waals surface area contributed by atoms with Crippen molar-refractivity contribution in [3.8, 4) is 0 Å². The van der Waals surface area contributed by atoms with Crippen molar-refractivity contribution in [2.24, 2.45) is 7.05 Å². The molecule has 0 saturated heterocycles. The van der Waals surface area contributed by atoms with Crippen LogP contribution in [-0.4, -0.2) is 14.5 Å². The molecule has 3 nitrogen and oxygen atoms in total. The number of aromatic amines is 1. The van der Waals surface area contributed by atoms with Gasteiger partial charge in [-0.1, -0.05) is 0 Å². The van der Waals surface area contributed by atoms with E-state index < -0.39 is 5.67 Å². The van der Waals surface area contributed by atoms with E-state index in [1.807, 2.05) is 26.2 Å². The zero-order chi connectivity index (χ0) is 20.5. The summed E-state index contributed by atoms with van der Waals surface area (Å²) in [4.78, 5) is 8.01. The Hall–Kier alpha value is -2.62. The summed E-state index contributed by atoms with van der Waals surface area (Å²) in [6.45, 7) is 14.1. The Kier molecular flexibility index (Phi) is 3.97. The van der Waals surface area contributed by atoms with Crippen molar-refractivity contribution in [2.75, 3.05) is 0 Å². The molecule has 0 fully saturated rings. The van der Waals surface area contributed by atoms with E-state index in [9.17, 15) is 0 Å². The lowest BCUT2D eigenvalue weighted by molar-refractivity contribution is 0.239. The second kappa shape index (κ2) is 5.94. The maximum absolute atomic E-state index is 16.5. The van der Waals surface area contributed by atoms with E-state index in [1.165, 1.54) is 16.7 Å². The smallest absolute Gasteiger partial charge is 0.191 e. The Morgan fingerprint density at radius 2 is 1.64 bits per heavy atom. The topological polar surface area (TPSA) is 33.6 Å². The highest BCUT2D eigenvalue weighted by molar-refractivity contribution is 5.90. The van der Waals surface area contributed by atoms with Crippen LogP contribution in [0, 0.1) is 41.5 Å². The van der Waals surface area contributed by atoms with Gasteiger partial charge in [-0.25, -0.2) is 9.37 Å². The van der Waals surface area contributed by atoms with E-state index in [0.717, 1.165) is 38.6 Å². The Bertz CT molecular complexity index is 1250. The first kappa shape index (κ1) is 18.7. The molecule has 0 bridgehead atoms. The average molecular weight is 378 g/mol. The molecule has 0 saturated carbocycles. The maximum atomic E-state index is 16.5. The highest BCUT2D eigenvalue weighted by atomic mass is 19.1. The summed E-state index contributed by atoms with van der Waals surface area (Å²) in [6, 6.07) is 4.08. The molecule has 0 aliphatic heterocycles. The number of nitrogens with zero attached hydrogens (tertiary/aromatic N) is 2. The second-order valence-electron chi connectivity index (χ2n) is 8.37. The van der Waals surface area contributed by atoms with Crippen LogP contribution >= 0.6 is 0 Å². The van der Waals surface area contributed by atoms with Crippen LogP contribution in [0.5, 0.6) is 0 Å². The molecule has 4 heteroatoms. The first-order chi connectivity index (χ1) is 13.1. The monoisotopic (exact) mass is 377 g/mol. The van der Waals surface area contributed by atoms with Gasteiger partial charge >= 0.3 is 0 Å². The van der Waals surface area contributed by atoms with Gasteiger partial charge in [-0.2, -0.15) is 0 Å². The van der Waals surface area contributed by atoms with Crippen LogP contribution in [0.25, 0.3) is 21.9 Å². The number of rotatable bonds is 2. The molecule has 4 rings (SSSR count). The minimum atomic E-state index is -1.73. The number of H-pyrrole nitrogens is 1. The Morgan fingerprint density at radius 3 is 2.32 bits per heavy atom. The number of hydrogen-bond acceptors (Lipinski definition) is 1. The van der Waals surface area contributed by atoms with Crippen LogP contribution < -0.4 is 0 Å². The van der Waals surface area contributed by atoms with E-state index in [0.29, 0.717) is 11.4 Å². The molecular weight excluding hydrogens is 349 g/mol. The molecule has 4 aromatic rings. The minimum absolute atomic E-state index is 0.368. The van der Waals surface area contributed by atoms with E-state index in [4.69, 9.17) is 4.98 Å². The highest BCUT2D eigenvalue weighted by Gasteiger charge is 2.37. The second-order valence-corrected chi connectivity index (χ2v) is 8.37. The Morgan fingerprint density at radius 1 is 0.964 bits per heavy atom. The largest absolute Gasteiger partial charge is 0.350 e. The van der Waals surface area contributed by atoms with Crippen molar-refractivity contribution in [2.45, 2.75) is 54.1 Å². The normalized spacial score (nSPS) is 14.2. The summed E-state index contributed by atoms with van der Waals surface area (Å²) in [5, 5.41) is 0.956. The molecule has 0 amide bonds. The maximum Gasteiger partial charge on any atom is 0.191 e. The minimum Gasteiger partial charge on any atom is -0.350 e. The van der Waals surface area contributed by atoms with Gasteiger partial charge in [-0.15, -0.1) is 0 Å². The molecule has 0 aliphatic rings. The fourth-order valence-electron chi connectivity index (χ4n) is 4.57. The van der Waals surface area contributed by atoms with Gasteiger partial charge in [0.05, 0.1) is 16.6 Å². The Labute approximate surface area is 165 Å². The fraction of sp³-hybridized carbons (Fsp3) is 0.375. The van der Waals surface area contributed by atoms with Gasteiger partial charge in [0.15, 0.2) is 5.67 Å². The summed E-state index contributed by atoms with van der Waals surface area (Å²) < 4.78 is 18.6. The molecule has 146 valence electrons. The number of halogens is 1. The Balaban J connectivity index is 2.05. The van der Waals surface area contributed by atoms with E-state index in [1.54, 1.807) is 6.92 Å². The lowest BCUT2D eigenvalue weighted by Gasteiger charge is -2.24. The summed E-state index contributed by atoms with van der Waals surface area (Å²) in [5.41, 5.74) is 8.64. The number of fused-ring (bicyclic) bond motifs is 2. The van der Waals surface area contributed by atoms with Gasteiger partial charge in [-0.3, -0.25) is 0 Å². The number of benzene rings is 2. The molecule has 2 aromatic heterocycles. The average Bonchev–Trinajstić information content (AvgIpc) is 3.22. The molecular formula is C24H28FN3. The van der Waals surface area contributed by atoms with Crippen molar-refractivity contribution < 1.29 is 4.39 Å². The van der Waals surface area contributed by atoms with Gasteiger partial charge in [0.2, 0.25) is 0 Å². The van der Waals surface area contributed by atoms with Crippen molar-refractivity contribution in [3.05, 3.63) is 63.1 Å². The molecule has 0 spiro atoms. The first-order valence-corrected chi connectivity index (χ1v) is 9.76. The van der Waals surface area contributed by atoms with E-state index in [-0.39, 0.29) is 0 Å². The van der Waals surface area contributed by atoms with Crippen LogP contribution in [0.3, 0.4) is 0 Å². The number of alkyl halides is 1. The number of aryl methyl sites for hydroxylation is 4. The molecule has 0 radical (unpaired) electrons. The van der Waals surface area contributed by atoms with Crippen molar-refractivity contribution in [1.29, 1.82) is 0 Å². The van der Waals surface area contributed by atoms with Crippen LogP contribution in [0.2, 0.25) is 0 Å². The molecule has 28 heavy (non-hydrogen) atoms. The fourth-order valence-corrected chi connectivity index (χ4v) is 4.57. The molecule has 0 aliphatic carbocycles. The number of nitrogens with one attached hydrogen (secondary N) is 1. The molecule has 2 aromatic carbocycles. The third-order valence-corrected chi connectivity index (χ3v) is 6.71. The first-order valence-electron chi connectivity index (χ1n) is 9.76. The van der Waals surface area contributed by atoms with Gasteiger partial charge in [0.25, 0.3) is 0 Å². The van der Waals surface area contributed by atoms with Gasteiger partial charge in [-0.05, 0) is 94.0 Å². The predicted octanol–water partition coefficient (Wildman–Crippen LogP) is 6.14. The van der Waals surface area contributed by atoms with Crippen molar-refractivity contribution >= 4 is 21.9 Å². The summed E-state index contributed by atoms with van der Waals surface area (Å²) in [5.74, 6) is 0.368. The third kappa shape index (κ3) is 2.36. The molecule has 2 heterocycles. The SMILES string of the molecule is Cc1cc2[nH]c(C(C)(F)c3c(C)c(C)c(C)c4c3ccn4C)nc2c(C)c1C. The van der Waals surface area contributed by atoms with Gasteiger partial charge < -0.3 is 9.55 Å². The van der Waals surface area contributed by atoms with Crippen molar-refractivity contribution in [3.63, 3.8) is 0 Å². The third-order valence-electron chi connectivity index (χ3n) is 6.71. The van der Waals surface area contributed by atoms with Gasteiger partial charge in [0, 0.05) is 24.2 Å². The van der Waals surface area contributed by atoms with E-state index in [2.05, 4.69) is 50.2 Å². The lowest BCUT2D eigenvalue weighted by Crippen LogP contribution is -2.22. The number of aromatic nitrogens is 3. The van der Waals surface area contributed by atoms with Crippen LogP contribution in [0.15, 0.2) is 18.3 Å².